The van der Waals surface area contributed by atoms with Crippen LogP contribution >= 0.6 is 0 Å². The molecule has 2 heterocycles. The Morgan fingerprint density at radius 3 is 2.40 bits per heavy atom. The lowest BCUT2D eigenvalue weighted by Gasteiger charge is -2.47. The van der Waals surface area contributed by atoms with Gasteiger partial charge in [0.2, 0.25) is 0 Å². The van der Waals surface area contributed by atoms with Gasteiger partial charge in [0.15, 0.2) is 0 Å². The molecular weight excluding hydrogens is 188 g/mol. The fourth-order valence-electron chi connectivity index (χ4n) is 3.34. The summed E-state index contributed by atoms with van der Waals surface area (Å²) in [6.07, 6.45) is 7.94. The van der Waals surface area contributed by atoms with Gasteiger partial charge >= 0.3 is 0 Å². The van der Waals surface area contributed by atoms with E-state index in [-0.39, 0.29) is 5.72 Å². The highest BCUT2D eigenvalue weighted by Crippen LogP contribution is 2.41. The Hall–Kier alpha value is -0.120. The van der Waals surface area contributed by atoms with Crippen molar-refractivity contribution >= 4 is 0 Å². The van der Waals surface area contributed by atoms with Gasteiger partial charge in [-0.05, 0) is 32.2 Å². The summed E-state index contributed by atoms with van der Waals surface area (Å²) in [5, 5.41) is 7.12. The van der Waals surface area contributed by atoms with E-state index in [9.17, 15) is 0 Å². The van der Waals surface area contributed by atoms with E-state index in [1.165, 1.54) is 45.1 Å². The van der Waals surface area contributed by atoms with Crippen molar-refractivity contribution in [3.05, 3.63) is 0 Å². The van der Waals surface area contributed by atoms with Crippen molar-refractivity contribution in [2.24, 2.45) is 5.41 Å². The molecule has 15 heavy (non-hydrogen) atoms. The molecule has 1 aliphatic carbocycles. The number of nitrogens with one attached hydrogen (secondary N) is 2. The lowest BCUT2D eigenvalue weighted by Crippen LogP contribution is -2.64. The van der Waals surface area contributed by atoms with Crippen LogP contribution in [0.5, 0.6) is 0 Å². The molecule has 1 atom stereocenters. The number of rotatable bonds is 0. The predicted molar refractivity (Wildman–Crippen MR) is 59.7 cm³/mol. The third-order valence-corrected chi connectivity index (χ3v) is 4.45. The topological polar surface area (TPSA) is 33.3 Å². The van der Waals surface area contributed by atoms with Crippen molar-refractivity contribution in [2.45, 2.75) is 44.2 Å². The molecule has 86 valence electrons. The minimum atomic E-state index is -0.0217. The van der Waals surface area contributed by atoms with Crippen LogP contribution in [-0.4, -0.2) is 32.0 Å². The van der Waals surface area contributed by atoms with E-state index >= 15 is 0 Å². The first kappa shape index (κ1) is 10.1. The summed E-state index contributed by atoms with van der Waals surface area (Å²) in [4.78, 5) is 0. The Kier molecular flexibility index (Phi) is 2.49. The van der Waals surface area contributed by atoms with Gasteiger partial charge in [-0.2, -0.15) is 0 Å². The summed E-state index contributed by atoms with van der Waals surface area (Å²) in [6, 6.07) is 0. The van der Waals surface area contributed by atoms with Crippen LogP contribution in [0.1, 0.15) is 38.5 Å². The zero-order valence-corrected chi connectivity index (χ0v) is 9.48. The third-order valence-electron chi connectivity index (χ3n) is 4.45. The van der Waals surface area contributed by atoms with Crippen molar-refractivity contribution in [2.75, 3.05) is 26.2 Å². The van der Waals surface area contributed by atoms with Crippen LogP contribution in [0.15, 0.2) is 0 Å². The van der Waals surface area contributed by atoms with Crippen molar-refractivity contribution in [1.29, 1.82) is 0 Å². The Bertz CT molecular complexity index is 218. The summed E-state index contributed by atoms with van der Waals surface area (Å²) in [5.41, 5.74) is 0.467. The van der Waals surface area contributed by atoms with E-state index in [2.05, 4.69) is 10.6 Å². The maximum Gasteiger partial charge on any atom is 0.131 e. The van der Waals surface area contributed by atoms with E-state index < -0.39 is 0 Å². The average molecular weight is 210 g/mol. The number of hydrogen-bond acceptors (Lipinski definition) is 3. The number of hydrogen-bond donors (Lipinski definition) is 2. The van der Waals surface area contributed by atoms with Gasteiger partial charge in [-0.25, -0.2) is 0 Å². The fraction of sp³-hybridized carbons (Fsp3) is 1.00. The molecule has 2 N–H and O–H groups in total. The lowest BCUT2D eigenvalue weighted by atomic mass is 9.84. The van der Waals surface area contributed by atoms with E-state index in [4.69, 9.17) is 4.74 Å². The molecular formula is C12H22N2O. The van der Waals surface area contributed by atoms with Gasteiger partial charge in [0.25, 0.3) is 0 Å². The Morgan fingerprint density at radius 1 is 0.933 bits per heavy atom. The standard InChI is InChI=1S/C12H22N2O/c1-2-5-11(4-1)8-14-12(15-10-11)6-3-7-13-9-12/h13-14H,1-10H2. The van der Waals surface area contributed by atoms with Gasteiger partial charge in [0, 0.05) is 18.5 Å². The minimum Gasteiger partial charge on any atom is -0.359 e. The van der Waals surface area contributed by atoms with Crippen LogP contribution in [-0.2, 0) is 4.74 Å². The Morgan fingerprint density at radius 2 is 1.80 bits per heavy atom. The molecule has 0 aromatic heterocycles. The molecule has 1 unspecified atom stereocenters. The van der Waals surface area contributed by atoms with Gasteiger partial charge in [-0.3, -0.25) is 5.32 Å². The molecule has 0 radical (unpaired) electrons. The first-order chi connectivity index (χ1) is 7.33. The van der Waals surface area contributed by atoms with Crippen LogP contribution in [0.4, 0.5) is 0 Å². The van der Waals surface area contributed by atoms with Crippen molar-refractivity contribution < 1.29 is 4.74 Å². The lowest BCUT2D eigenvalue weighted by molar-refractivity contribution is -0.152. The number of ether oxygens (including phenoxy) is 1. The van der Waals surface area contributed by atoms with Gasteiger partial charge in [-0.1, -0.05) is 12.8 Å². The summed E-state index contributed by atoms with van der Waals surface area (Å²) >= 11 is 0. The second kappa shape index (κ2) is 3.72. The highest BCUT2D eigenvalue weighted by atomic mass is 16.5. The minimum absolute atomic E-state index is 0.0217. The highest BCUT2D eigenvalue weighted by molar-refractivity contribution is 4.96. The monoisotopic (exact) mass is 210 g/mol. The van der Waals surface area contributed by atoms with Crippen molar-refractivity contribution in [3.63, 3.8) is 0 Å². The smallest absolute Gasteiger partial charge is 0.131 e. The van der Waals surface area contributed by atoms with Gasteiger partial charge in [0.1, 0.15) is 5.72 Å². The van der Waals surface area contributed by atoms with Gasteiger partial charge < -0.3 is 10.1 Å². The Balaban J connectivity index is 1.63. The average Bonchev–Trinajstić information content (AvgIpc) is 2.74. The molecule has 0 aromatic carbocycles. The second-order valence-electron chi connectivity index (χ2n) is 5.62. The fourth-order valence-corrected chi connectivity index (χ4v) is 3.34. The molecule has 3 heteroatoms. The van der Waals surface area contributed by atoms with Crippen LogP contribution in [0, 0.1) is 5.41 Å². The molecule has 3 nitrogen and oxygen atoms in total. The summed E-state index contributed by atoms with van der Waals surface area (Å²) in [7, 11) is 0. The molecule has 3 fully saturated rings. The molecule has 3 rings (SSSR count). The zero-order valence-electron chi connectivity index (χ0n) is 9.48. The second-order valence-corrected chi connectivity index (χ2v) is 5.62. The first-order valence-corrected chi connectivity index (χ1v) is 6.42. The molecule has 0 bridgehead atoms. The van der Waals surface area contributed by atoms with Crippen molar-refractivity contribution in [3.8, 4) is 0 Å². The van der Waals surface area contributed by atoms with Crippen LogP contribution in [0.2, 0.25) is 0 Å². The maximum absolute atomic E-state index is 6.17. The molecule has 2 aliphatic heterocycles. The molecule has 0 amide bonds. The molecule has 2 spiro atoms. The molecule has 3 aliphatic rings. The van der Waals surface area contributed by atoms with E-state index in [0.29, 0.717) is 5.41 Å². The van der Waals surface area contributed by atoms with Crippen LogP contribution < -0.4 is 10.6 Å². The summed E-state index contributed by atoms with van der Waals surface area (Å²) in [5.74, 6) is 0. The maximum atomic E-state index is 6.17. The normalized spacial score (nSPS) is 40.0. The highest BCUT2D eigenvalue weighted by Gasteiger charge is 2.44. The number of piperidine rings is 1. The third kappa shape index (κ3) is 1.81. The summed E-state index contributed by atoms with van der Waals surface area (Å²) in [6.45, 7) is 4.30. The molecule has 0 aromatic rings. The van der Waals surface area contributed by atoms with Gasteiger partial charge in [-0.15, -0.1) is 0 Å². The van der Waals surface area contributed by atoms with Crippen LogP contribution in [0.25, 0.3) is 0 Å². The summed E-state index contributed by atoms with van der Waals surface area (Å²) < 4.78 is 6.17. The Labute approximate surface area is 91.9 Å². The quantitative estimate of drug-likeness (QED) is 0.631. The van der Waals surface area contributed by atoms with E-state index in [1.807, 2.05) is 0 Å². The zero-order chi connectivity index (χ0) is 10.2. The van der Waals surface area contributed by atoms with Crippen LogP contribution in [0.3, 0.4) is 0 Å². The van der Waals surface area contributed by atoms with Crippen molar-refractivity contribution in [1.82, 2.24) is 10.6 Å². The molecule has 1 saturated carbocycles. The molecule has 2 saturated heterocycles. The SMILES string of the molecule is C1CCC2(C1)CNC1(CCCNC1)OC2. The largest absolute Gasteiger partial charge is 0.359 e. The predicted octanol–water partition coefficient (Wildman–Crippen LogP) is 1.25. The van der Waals surface area contributed by atoms with E-state index in [0.717, 1.165) is 19.7 Å². The van der Waals surface area contributed by atoms with E-state index in [1.54, 1.807) is 0 Å². The van der Waals surface area contributed by atoms with Gasteiger partial charge in [0.05, 0.1) is 6.61 Å². The first-order valence-electron chi connectivity index (χ1n) is 6.42.